The molecule has 0 bridgehead atoms. The molecule has 1 aliphatic rings. The highest BCUT2D eigenvalue weighted by Crippen LogP contribution is 2.24. The number of hydrogen-bond donors (Lipinski definition) is 0. The van der Waals surface area contributed by atoms with Gasteiger partial charge in [0.1, 0.15) is 0 Å². The summed E-state index contributed by atoms with van der Waals surface area (Å²) >= 11 is 0. The summed E-state index contributed by atoms with van der Waals surface area (Å²) in [5, 5.41) is 8.65. The van der Waals surface area contributed by atoms with Crippen LogP contribution in [0.5, 0.6) is 0 Å². The van der Waals surface area contributed by atoms with Gasteiger partial charge in [-0.15, -0.1) is 0 Å². The Labute approximate surface area is 142 Å². The van der Waals surface area contributed by atoms with Gasteiger partial charge < -0.3 is 0 Å². The Hall–Kier alpha value is -1.33. The molecule has 0 amide bonds. The zero-order valence-corrected chi connectivity index (χ0v) is 15.2. The third-order valence-electron chi connectivity index (χ3n) is 5.36. The van der Waals surface area contributed by atoms with Gasteiger partial charge in [-0.2, -0.15) is 5.26 Å². The summed E-state index contributed by atoms with van der Waals surface area (Å²) in [6.07, 6.45) is 9.34. The number of aryl methyl sites for hydroxylation is 3. The molecule has 1 heterocycles. The van der Waals surface area contributed by atoms with Crippen molar-refractivity contribution in [3.63, 3.8) is 0 Å². The van der Waals surface area contributed by atoms with Crippen LogP contribution in [-0.2, 0) is 13.0 Å². The van der Waals surface area contributed by atoms with Gasteiger partial charge in [-0.05, 0) is 81.7 Å². The average Bonchev–Trinajstić information content (AvgIpc) is 2.53. The topological polar surface area (TPSA) is 27.0 Å². The lowest BCUT2D eigenvalue weighted by Gasteiger charge is -2.34. The van der Waals surface area contributed by atoms with Gasteiger partial charge in [0.25, 0.3) is 0 Å². The van der Waals surface area contributed by atoms with E-state index in [1.807, 2.05) is 0 Å². The van der Waals surface area contributed by atoms with E-state index in [2.05, 4.69) is 43.9 Å². The third-order valence-corrected chi connectivity index (χ3v) is 5.36. The van der Waals surface area contributed by atoms with Crippen LogP contribution in [0.1, 0.15) is 74.1 Å². The molecule has 1 atom stereocenters. The van der Waals surface area contributed by atoms with E-state index in [0.717, 1.165) is 19.4 Å². The SMILES string of the molecule is Cc1cc(CCCCCC#N)c(CN2CCCCC2C)cc1C. The van der Waals surface area contributed by atoms with E-state index in [9.17, 15) is 0 Å². The van der Waals surface area contributed by atoms with Crippen LogP contribution in [0.2, 0.25) is 0 Å². The van der Waals surface area contributed by atoms with Crippen molar-refractivity contribution in [3.05, 3.63) is 34.4 Å². The van der Waals surface area contributed by atoms with Crippen molar-refractivity contribution < 1.29 is 0 Å². The van der Waals surface area contributed by atoms with E-state index < -0.39 is 0 Å². The Morgan fingerprint density at radius 2 is 1.83 bits per heavy atom. The molecular weight excluding hydrogens is 280 g/mol. The second-order valence-electron chi connectivity index (χ2n) is 7.24. The molecule has 2 heteroatoms. The summed E-state index contributed by atoms with van der Waals surface area (Å²) < 4.78 is 0. The lowest BCUT2D eigenvalue weighted by Crippen LogP contribution is -2.37. The first-order chi connectivity index (χ1) is 11.1. The first-order valence-electron chi connectivity index (χ1n) is 9.32. The fourth-order valence-electron chi connectivity index (χ4n) is 3.62. The number of hydrogen-bond acceptors (Lipinski definition) is 2. The lowest BCUT2D eigenvalue weighted by molar-refractivity contribution is 0.152. The van der Waals surface area contributed by atoms with E-state index in [0.29, 0.717) is 12.5 Å². The molecular formula is C21H32N2. The van der Waals surface area contributed by atoms with Gasteiger partial charge in [-0.1, -0.05) is 25.0 Å². The van der Waals surface area contributed by atoms with Gasteiger partial charge in [0.05, 0.1) is 6.07 Å². The molecule has 0 aliphatic carbocycles. The molecule has 23 heavy (non-hydrogen) atoms. The third kappa shape index (κ3) is 5.36. The van der Waals surface area contributed by atoms with Crippen LogP contribution in [0.15, 0.2) is 12.1 Å². The standard InChI is InChI=1S/C21H32N2/c1-17-14-20(11-6-4-5-8-12-22)21(15-18(17)2)16-23-13-9-7-10-19(23)3/h14-15,19H,4-11,13,16H2,1-3H3. The highest BCUT2D eigenvalue weighted by Gasteiger charge is 2.19. The largest absolute Gasteiger partial charge is 0.296 e. The van der Waals surface area contributed by atoms with Crippen molar-refractivity contribution in [2.24, 2.45) is 0 Å². The Balaban J connectivity index is 2.04. The summed E-state index contributed by atoms with van der Waals surface area (Å²) in [5.74, 6) is 0. The number of nitriles is 1. The van der Waals surface area contributed by atoms with Crippen molar-refractivity contribution in [3.8, 4) is 6.07 Å². The van der Waals surface area contributed by atoms with Crippen molar-refractivity contribution in [2.45, 2.75) is 84.7 Å². The summed E-state index contributed by atoms with van der Waals surface area (Å²) in [6.45, 7) is 9.18. The molecule has 1 aliphatic heterocycles. The Morgan fingerprint density at radius 3 is 2.52 bits per heavy atom. The summed E-state index contributed by atoms with van der Waals surface area (Å²) in [7, 11) is 0. The quantitative estimate of drug-likeness (QED) is 0.638. The van der Waals surface area contributed by atoms with E-state index >= 15 is 0 Å². The van der Waals surface area contributed by atoms with Crippen molar-refractivity contribution in [1.29, 1.82) is 5.26 Å². The molecule has 2 nitrogen and oxygen atoms in total. The molecule has 0 spiro atoms. The predicted octanol–water partition coefficient (Wildman–Crippen LogP) is 5.30. The van der Waals surface area contributed by atoms with Crippen LogP contribution < -0.4 is 0 Å². The number of rotatable bonds is 7. The zero-order chi connectivity index (χ0) is 16.7. The minimum Gasteiger partial charge on any atom is -0.296 e. The highest BCUT2D eigenvalue weighted by molar-refractivity contribution is 5.37. The van der Waals surface area contributed by atoms with Crippen LogP contribution in [0.3, 0.4) is 0 Å². The van der Waals surface area contributed by atoms with Crippen molar-refractivity contribution in [2.75, 3.05) is 6.54 Å². The minimum atomic E-state index is 0.699. The Bertz CT molecular complexity index is 542. The fourth-order valence-corrected chi connectivity index (χ4v) is 3.62. The average molecular weight is 313 g/mol. The van der Waals surface area contributed by atoms with Crippen molar-refractivity contribution in [1.82, 2.24) is 4.90 Å². The van der Waals surface area contributed by atoms with Gasteiger partial charge in [-0.25, -0.2) is 0 Å². The van der Waals surface area contributed by atoms with Crippen LogP contribution in [0.4, 0.5) is 0 Å². The number of likely N-dealkylation sites (tertiary alicyclic amines) is 1. The highest BCUT2D eigenvalue weighted by atomic mass is 15.2. The lowest BCUT2D eigenvalue weighted by atomic mass is 9.94. The van der Waals surface area contributed by atoms with E-state index in [-0.39, 0.29) is 0 Å². The Kier molecular flexibility index (Phi) is 7.12. The van der Waals surface area contributed by atoms with Crippen LogP contribution in [-0.4, -0.2) is 17.5 Å². The molecule has 1 saturated heterocycles. The summed E-state index contributed by atoms with van der Waals surface area (Å²) in [4.78, 5) is 2.66. The summed E-state index contributed by atoms with van der Waals surface area (Å²) in [6, 6.07) is 7.79. The van der Waals surface area contributed by atoms with Gasteiger partial charge in [0, 0.05) is 19.0 Å². The molecule has 0 aromatic heterocycles. The summed E-state index contributed by atoms with van der Waals surface area (Å²) in [5.41, 5.74) is 5.88. The maximum atomic E-state index is 8.65. The molecule has 1 aromatic carbocycles. The maximum Gasteiger partial charge on any atom is 0.0621 e. The van der Waals surface area contributed by atoms with Crippen LogP contribution >= 0.6 is 0 Å². The van der Waals surface area contributed by atoms with E-state index in [1.165, 1.54) is 60.9 Å². The smallest absolute Gasteiger partial charge is 0.0621 e. The van der Waals surface area contributed by atoms with Crippen molar-refractivity contribution >= 4 is 0 Å². The van der Waals surface area contributed by atoms with Crippen LogP contribution in [0.25, 0.3) is 0 Å². The van der Waals surface area contributed by atoms with Crippen LogP contribution in [0, 0.1) is 25.2 Å². The zero-order valence-electron chi connectivity index (χ0n) is 15.2. The van der Waals surface area contributed by atoms with E-state index in [1.54, 1.807) is 0 Å². The molecule has 1 fully saturated rings. The van der Waals surface area contributed by atoms with Gasteiger partial charge in [0.2, 0.25) is 0 Å². The maximum absolute atomic E-state index is 8.65. The second kappa shape index (κ2) is 9.08. The monoisotopic (exact) mass is 312 g/mol. The number of benzene rings is 1. The first-order valence-corrected chi connectivity index (χ1v) is 9.32. The number of piperidine rings is 1. The minimum absolute atomic E-state index is 0.699. The van der Waals surface area contributed by atoms with Gasteiger partial charge in [-0.3, -0.25) is 4.90 Å². The molecule has 126 valence electrons. The predicted molar refractivity (Wildman–Crippen MR) is 97.4 cm³/mol. The molecule has 2 rings (SSSR count). The number of nitrogens with zero attached hydrogens (tertiary/aromatic N) is 2. The normalized spacial score (nSPS) is 18.8. The van der Waals surface area contributed by atoms with Gasteiger partial charge in [0.15, 0.2) is 0 Å². The molecule has 0 N–H and O–H groups in total. The molecule has 1 unspecified atom stereocenters. The first kappa shape index (κ1) is 18.0. The molecule has 0 radical (unpaired) electrons. The van der Waals surface area contributed by atoms with Gasteiger partial charge >= 0.3 is 0 Å². The number of unbranched alkanes of at least 4 members (excludes halogenated alkanes) is 3. The molecule has 0 saturated carbocycles. The Morgan fingerprint density at radius 1 is 1.09 bits per heavy atom. The van der Waals surface area contributed by atoms with E-state index in [4.69, 9.17) is 5.26 Å². The second-order valence-corrected chi connectivity index (χ2v) is 7.24. The fraction of sp³-hybridized carbons (Fsp3) is 0.667. The molecule has 1 aromatic rings.